The third-order valence-corrected chi connectivity index (χ3v) is 2.41. The molecule has 0 saturated heterocycles. The van der Waals surface area contributed by atoms with E-state index in [0.29, 0.717) is 17.0 Å². The molecule has 3 N–H and O–H groups in total. The molecule has 19 heavy (non-hydrogen) atoms. The Morgan fingerprint density at radius 1 is 1.47 bits per heavy atom. The van der Waals surface area contributed by atoms with Crippen molar-refractivity contribution in [3.63, 3.8) is 0 Å². The summed E-state index contributed by atoms with van der Waals surface area (Å²) in [6.45, 7) is 5.95. The summed E-state index contributed by atoms with van der Waals surface area (Å²) in [7, 11) is -0.806. The predicted molar refractivity (Wildman–Crippen MR) is 76.0 cm³/mol. The predicted octanol–water partition coefficient (Wildman–Crippen LogP) is 0.491. The molecule has 0 radical (unpaired) electrons. The number of amides is 1. The topological polar surface area (TPSA) is 98.5 Å². The molecule has 1 rings (SSSR count). The zero-order valence-corrected chi connectivity index (χ0v) is 11.4. The van der Waals surface area contributed by atoms with Crippen LogP contribution in [0.5, 0.6) is 5.75 Å². The van der Waals surface area contributed by atoms with Gasteiger partial charge in [0.1, 0.15) is 5.75 Å². The highest BCUT2D eigenvalue weighted by Gasteiger charge is 2.07. The Labute approximate surface area is 113 Å². The minimum Gasteiger partial charge on any atom is -0.495 e. The van der Waals surface area contributed by atoms with E-state index in [1.54, 1.807) is 12.1 Å². The zero-order valence-electron chi connectivity index (χ0n) is 10.5. The summed E-state index contributed by atoms with van der Waals surface area (Å²) in [6, 6.07) is 4.57. The van der Waals surface area contributed by atoms with Crippen molar-refractivity contribution in [3.05, 3.63) is 36.9 Å². The second-order valence-electron chi connectivity index (χ2n) is 3.09. The van der Waals surface area contributed by atoms with Crippen molar-refractivity contribution in [2.75, 3.05) is 19.4 Å². The molecule has 0 aliphatic carbocycles. The number of ether oxygens (including phenoxy) is 1. The van der Waals surface area contributed by atoms with E-state index in [2.05, 4.69) is 18.5 Å². The fourth-order valence-electron chi connectivity index (χ4n) is 1.18. The lowest BCUT2D eigenvalue weighted by atomic mass is 10.2. The number of methoxy groups -OCH3 is 1. The molecule has 0 saturated carbocycles. The highest BCUT2D eigenvalue weighted by Crippen LogP contribution is 2.21. The van der Waals surface area contributed by atoms with Gasteiger partial charge in [-0.05, 0) is 18.2 Å². The van der Waals surface area contributed by atoms with Gasteiger partial charge in [-0.25, -0.2) is 0 Å². The second kappa shape index (κ2) is 8.76. The second-order valence-corrected chi connectivity index (χ2v) is 3.95. The van der Waals surface area contributed by atoms with Gasteiger partial charge in [-0.1, -0.05) is 0 Å². The first-order valence-corrected chi connectivity index (χ1v) is 6.31. The first kappa shape index (κ1) is 16.7. The van der Waals surface area contributed by atoms with Crippen LogP contribution < -0.4 is 15.8 Å². The number of carbonyl (C=O) groups is 1. The van der Waals surface area contributed by atoms with Crippen molar-refractivity contribution in [3.8, 4) is 5.75 Å². The summed E-state index contributed by atoms with van der Waals surface area (Å²) in [5.74, 6) is 0.0785. The Morgan fingerprint density at radius 2 is 2.11 bits per heavy atom. The Morgan fingerprint density at radius 3 is 2.58 bits per heavy atom. The Bertz CT molecular complexity index is 559. The number of benzene rings is 1. The highest BCUT2D eigenvalue weighted by molar-refractivity contribution is 7.71. The molecule has 0 bridgehead atoms. The molecule has 0 heterocycles. The minimum absolute atomic E-state index is 0.0547. The number of nitrogens with two attached hydrogens (primary N) is 1. The number of carbonyl (C=O) groups excluding carboxylic acids is 1. The lowest BCUT2D eigenvalue weighted by Crippen LogP contribution is -2.25. The van der Waals surface area contributed by atoms with Crippen LogP contribution in [0.3, 0.4) is 0 Å². The van der Waals surface area contributed by atoms with Crippen LogP contribution in [0.2, 0.25) is 0 Å². The van der Waals surface area contributed by atoms with Crippen molar-refractivity contribution < 1.29 is 17.9 Å². The van der Waals surface area contributed by atoms with Crippen LogP contribution in [0.1, 0.15) is 10.4 Å². The fourth-order valence-corrected chi connectivity index (χ4v) is 1.40. The van der Waals surface area contributed by atoms with E-state index >= 15 is 0 Å². The number of hydrogen-bond donors (Lipinski definition) is 2. The number of nitrogens with one attached hydrogen (secondary N) is 1. The van der Waals surface area contributed by atoms with E-state index in [4.69, 9.17) is 10.5 Å². The van der Waals surface area contributed by atoms with Crippen molar-refractivity contribution >= 4 is 27.3 Å². The Balaban J connectivity index is 0.00000154. The summed E-state index contributed by atoms with van der Waals surface area (Å²) in [5, 5.41) is 3.36. The van der Waals surface area contributed by atoms with Gasteiger partial charge in [0.25, 0.3) is 5.91 Å². The van der Waals surface area contributed by atoms with E-state index in [0.717, 1.165) is 5.37 Å². The fraction of sp³-hybridized carbons (Fsp3) is 0.167. The van der Waals surface area contributed by atoms with Gasteiger partial charge in [0.05, 0.1) is 24.7 Å². The third-order valence-electron chi connectivity index (χ3n) is 1.97. The van der Waals surface area contributed by atoms with Crippen LogP contribution in [0, 0.1) is 0 Å². The molecular weight excluding hydrogens is 268 g/mol. The largest absolute Gasteiger partial charge is 0.495 e. The first-order chi connectivity index (χ1) is 9.04. The van der Waals surface area contributed by atoms with Crippen LogP contribution >= 0.6 is 0 Å². The molecular formula is C12H16N2O4S. The molecule has 1 aromatic rings. The number of rotatable bonds is 4. The maximum atomic E-state index is 11.5. The summed E-state index contributed by atoms with van der Waals surface area (Å²) in [5.41, 5.74) is 6.32. The molecule has 0 unspecified atom stereocenters. The van der Waals surface area contributed by atoms with Gasteiger partial charge in [0.2, 0.25) is 10.3 Å². The quantitative estimate of drug-likeness (QED) is 0.476. The van der Waals surface area contributed by atoms with Crippen molar-refractivity contribution in [2.24, 2.45) is 0 Å². The molecule has 7 heteroatoms. The number of hydrogen-bond acceptors (Lipinski definition) is 5. The van der Waals surface area contributed by atoms with Crippen molar-refractivity contribution in [1.82, 2.24) is 5.32 Å². The van der Waals surface area contributed by atoms with Crippen LogP contribution in [-0.4, -0.2) is 33.3 Å². The van der Waals surface area contributed by atoms with Crippen LogP contribution in [0.4, 0.5) is 5.69 Å². The van der Waals surface area contributed by atoms with Crippen LogP contribution in [0.25, 0.3) is 0 Å². The normalized spacial score (nSPS) is 8.68. The Hall–Kier alpha value is -2.28. The van der Waals surface area contributed by atoms with E-state index in [1.807, 2.05) is 0 Å². The van der Waals surface area contributed by atoms with Gasteiger partial charge < -0.3 is 15.8 Å². The van der Waals surface area contributed by atoms with E-state index in [-0.39, 0.29) is 6.54 Å². The maximum Gasteiger partial charge on any atom is 0.251 e. The summed E-state index contributed by atoms with van der Waals surface area (Å²) in [4.78, 5) is 11.5. The van der Waals surface area contributed by atoms with E-state index in [1.165, 1.54) is 13.2 Å². The lowest BCUT2D eigenvalue weighted by molar-refractivity contribution is 0.0960. The van der Waals surface area contributed by atoms with Gasteiger partial charge in [-0.2, -0.15) is 8.42 Å². The molecule has 0 aliphatic rings. The van der Waals surface area contributed by atoms with Gasteiger partial charge in [0, 0.05) is 5.56 Å². The van der Waals surface area contributed by atoms with Crippen molar-refractivity contribution in [2.45, 2.75) is 0 Å². The lowest BCUT2D eigenvalue weighted by Gasteiger charge is -2.06. The van der Waals surface area contributed by atoms with E-state index < -0.39 is 16.2 Å². The molecule has 0 spiro atoms. The molecule has 0 aromatic heterocycles. The molecule has 0 atom stereocenters. The highest BCUT2D eigenvalue weighted by atomic mass is 32.2. The number of nitrogen functional groups attached to an aromatic ring is 1. The van der Waals surface area contributed by atoms with Crippen LogP contribution in [-0.2, 0) is 10.3 Å². The van der Waals surface area contributed by atoms with Gasteiger partial charge in [-0.3, -0.25) is 4.79 Å². The van der Waals surface area contributed by atoms with Crippen LogP contribution in [0.15, 0.2) is 31.4 Å². The Kier molecular flexibility index (Phi) is 7.71. The third kappa shape index (κ3) is 5.73. The molecule has 0 aliphatic heterocycles. The average molecular weight is 284 g/mol. The van der Waals surface area contributed by atoms with E-state index in [9.17, 15) is 13.2 Å². The summed E-state index contributed by atoms with van der Waals surface area (Å²) < 4.78 is 25.4. The zero-order chi connectivity index (χ0) is 14.8. The van der Waals surface area contributed by atoms with Gasteiger partial charge >= 0.3 is 0 Å². The standard InChI is InChI=1S/C10H12N2O4S.C2H4/c1-16-9-3-2-7(6-8(9)11)10(13)12-4-5-17(14)15;1-2/h2-3,5-6H,4,11H2,1H3,(H,12,13);1-2H2. The maximum absolute atomic E-state index is 11.5. The SMILES string of the molecule is C=C.COc1ccc(C(=O)NCC=S(=O)=O)cc1N. The first-order valence-electron chi connectivity index (χ1n) is 5.17. The molecule has 104 valence electrons. The molecule has 6 nitrogen and oxygen atoms in total. The summed E-state index contributed by atoms with van der Waals surface area (Å²) in [6.07, 6.45) is 0. The average Bonchev–Trinajstić information content (AvgIpc) is 2.40. The monoisotopic (exact) mass is 284 g/mol. The summed E-state index contributed by atoms with van der Waals surface area (Å²) >= 11 is 0. The minimum atomic E-state index is -2.28. The molecule has 1 amide bonds. The molecule has 1 aromatic carbocycles. The van der Waals surface area contributed by atoms with Gasteiger partial charge in [0.15, 0.2) is 0 Å². The molecule has 0 fully saturated rings. The smallest absolute Gasteiger partial charge is 0.251 e. The van der Waals surface area contributed by atoms with Gasteiger partial charge in [-0.15, -0.1) is 13.2 Å². The van der Waals surface area contributed by atoms with Crippen molar-refractivity contribution in [1.29, 1.82) is 0 Å². The number of anilines is 1.